The number of hydrogen-bond acceptors (Lipinski definition) is 3. The van der Waals surface area contributed by atoms with E-state index in [0.29, 0.717) is 23.0 Å². The van der Waals surface area contributed by atoms with Gasteiger partial charge in [-0.2, -0.15) is 5.10 Å². The van der Waals surface area contributed by atoms with Crippen LogP contribution in [0.2, 0.25) is 0 Å². The molecule has 0 bridgehead atoms. The highest BCUT2D eigenvalue weighted by atomic mass is 79.9. The second-order valence-electron chi connectivity index (χ2n) is 6.00. The minimum absolute atomic E-state index is 0.146. The molecule has 138 valence electrons. The first-order valence-electron chi connectivity index (χ1n) is 8.21. The molecule has 4 aromatic rings. The Kier molecular flexibility index (Phi) is 4.61. The van der Waals surface area contributed by atoms with E-state index >= 15 is 0 Å². The molecule has 0 N–H and O–H groups in total. The number of fused-ring (bicyclic) bond motifs is 1. The Morgan fingerprint density at radius 1 is 1.07 bits per heavy atom. The number of alkyl halides is 1. The predicted octanol–water partition coefficient (Wildman–Crippen LogP) is 4.28. The van der Waals surface area contributed by atoms with Crippen LogP contribution in [0, 0.1) is 5.82 Å². The number of aryl methyl sites for hydroxylation is 1. The summed E-state index contributed by atoms with van der Waals surface area (Å²) in [7, 11) is -3.86. The van der Waals surface area contributed by atoms with Gasteiger partial charge in [-0.25, -0.2) is 16.8 Å². The fourth-order valence-corrected chi connectivity index (χ4v) is 4.76. The Hall–Kier alpha value is -2.45. The summed E-state index contributed by atoms with van der Waals surface area (Å²) < 4.78 is 43.0. The molecule has 4 rings (SSSR count). The summed E-state index contributed by atoms with van der Waals surface area (Å²) >= 11 is 3.37. The van der Waals surface area contributed by atoms with Crippen LogP contribution in [0.3, 0.4) is 0 Å². The molecule has 8 heteroatoms. The number of halogens is 2. The van der Waals surface area contributed by atoms with E-state index in [0.717, 1.165) is 14.9 Å². The third-order valence-electron chi connectivity index (χ3n) is 4.29. The lowest BCUT2D eigenvalue weighted by molar-refractivity contribution is 0.589. The van der Waals surface area contributed by atoms with Gasteiger partial charge >= 0.3 is 0 Å². The lowest BCUT2D eigenvalue weighted by Gasteiger charge is -2.07. The SMILES string of the molecule is O=S(=O)(c1ccccc1)n1cc(-c2cnn(CCBr)c2)c2ccc(F)cc21. The summed E-state index contributed by atoms with van der Waals surface area (Å²) in [5, 5.41) is 5.69. The van der Waals surface area contributed by atoms with E-state index in [1.54, 1.807) is 35.1 Å². The van der Waals surface area contributed by atoms with Gasteiger partial charge in [-0.05, 0) is 30.3 Å². The van der Waals surface area contributed by atoms with Crippen molar-refractivity contribution in [2.24, 2.45) is 0 Å². The van der Waals surface area contributed by atoms with Crippen LogP contribution in [0.25, 0.3) is 22.0 Å². The average Bonchev–Trinajstić information content (AvgIpc) is 3.27. The molecule has 5 nitrogen and oxygen atoms in total. The summed E-state index contributed by atoms with van der Waals surface area (Å²) in [6.07, 6.45) is 5.06. The van der Waals surface area contributed by atoms with Crippen molar-refractivity contribution in [1.82, 2.24) is 13.8 Å². The second-order valence-corrected chi connectivity index (χ2v) is 8.61. The number of nitrogens with zero attached hydrogens (tertiary/aromatic N) is 3. The minimum atomic E-state index is -3.86. The van der Waals surface area contributed by atoms with Crippen LogP contribution in [-0.2, 0) is 16.6 Å². The summed E-state index contributed by atoms with van der Waals surface area (Å²) in [5.74, 6) is -0.494. The number of hydrogen-bond donors (Lipinski definition) is 0. The summed E-state index contributed by atoms with van der Waals surface area (Å²) in [4.78, 5) is 0.146. The molecule has 2 aromatic carbocycles. The Balaban J connectivity index is 1.95. The Morgan fingerprint density at radius 2 is 1.85 bits per heavy atom. The second kappa shape index (κ2) is 6.94. The van der Waals surface area contributed by atoms with E-state index in [1.165, 1.54) is 30.5 Å². The van der Waals surface area contributed by atoms with Crippen molar-refractivity contribution >= 4 is 36.9 Å². The van der Waals surface area contributed by atoms with Crippen LogP contribution in [0.15, 0.2) is 72.0 Å². The van der Waals surface area contributed by atoms with Crippen molar-refractivity contribution in [3.63, 3.8) is 0 Å². The van der Waals surface area contributed by atoms with Crippen molar-refractivity contribution in [3.05, 3.63) is 72.9 Å². The van der Waals surface area contributed by atoms with Crippen molar-refractivity contribution in [2.45, 2.75) is 11.4 Å². The zero-order valence-corrected chi connectivity index (χ0v) is 16.5. The molecular formula is C19H15BrFN3O2S. The maximum absolute atomic E-state index is 13.9. The fraction of sp³-hybridized carbons (Fsp3) is 0.105. The third kappa shape index (κ3) is 3.19. The number of rotatable bonds is 5. The van der Waals surface area contributed by atoms with E-state index in [4.69, 9.17) is 0 Å². The molecule has 0 saturated heterocycles. The summed E-state index contributed by atoms with van der Waals surface area (Å²) in [6, 6.07) is 12.3. The van der Waals surface area contributed by atoms with Gasteiger partial charge < -0.3 is 0 Å². The molecule has 0 aliphatic carbocycles. The Bertz CT molecular complexity index is 1220. The van der Waals surface area contributed by atoms with Gasteiger partial charge in [-0.1, -0.05) is 34.1 Å². The zero-order chi connectivity index (χ0) is 19.0. The Labute approximate surface area is 164 Å². The molecular weight excluding hydrogens is 433 g/mol. The van der Waals surface area contributed by atoms with Gasteiger partial charge in [0.2, 0.25) is 0 Å². The van der Waals surface area contributed by atoms with Crippen molar-refractivity contribution in [1.29, 1.82) is 0 Å². The summed E-state index contributed by atoms with van der Waals surface area (Å²) in [5.41, 5.74) is 1.75. The van der Waals surface area contributed by atoms with Crippen molar-refractivity contribution in [3.8, 4) is 11.1 Å². The molecule has 2 heterocycles. The smallest absolute Gasteiger partial charge is 0.268 e. The molecule has 0 radical (unpaired) electrons. The van der Waals surface area contributed by atoms with Crippen molar-refractivity contribution < 1.29 is 12.8 Å². The summed E-state index contributed by atoms with van der Waals surface area (Å²) in [6.45, 7) is 0.690. The molecule has 0 unspecified atom stereocenters. The zero-order valence-electron chi connectivity index (χ0n) is 14.1. The molecule has 27 heavy (non-hydrogen) atoms. The maximum Gasteiger partial charge on any atom is 0.268 e. The van der Waals surface area contributed by atoms with Gasteiger partial charge in [0.05, 0.1) is 23.2 Å². The number of benzene rings is 2. The molecule has 0 fully saturated rings. The Morgan fingerprint density at radius 3 is 2.59 bits per heavy atom. The molecule has 0 saturated carbocycles. The van der Waals surface area contributed by atoms with E-state index in [1.807, 2.05) is 6.20 Å². The third-order valence-corrected chi connectivity index (χ3v) is 6.33. The highest BCUT2D eigenvalue weighted by molar-refractivity contribution is 9.09. The molecule has 0 aliphatic rings. The van der Waals surface area contributed by atoms with Crippen LogP contribution in [0.1, 0.15) is 0 Å². The van der Waals surface area contributed by atoms with Gasteiger partial charge in [0.1, 0.15) is 5.82 Å². The van der Waals surface area contributed by atoms with E-state index in [-0.39, 0.29) is 4.90 Å². The quantitative estimate of drug-likeness (QED) is 0.429. The minimum Gasteiger partial charge on any atom is -0.271 e. The first-order valence-corrected chi connectivity index (χ1v) is 10.8. The highest BCUT2D eigenvalue weighted by Gasteiger charge is 2.22. The van der Waals surface area contributed by atoms with Crippen LogP contribution in [-0.4, -0.2) is 27.5 Å². The predicted molar refractivity (Wildman–Crippen MR) is 106 cm³/mol. The largest absolute Gasteiger partial charge is 0.271 e. The van der Waals surface area contributed by atoms with Gasteiger partial charge in [0.15, 0.2) is 0 Å². The van der Waals surface area contributed by atoms with Crippen LogP contribution in [0.4, 0.5) is 4.39 Å². The van der Waals surface area contributed by atoms with Crippen LogP contribution >= 0.6 is 15.9 Å². The molecule has 0 amide bonds. The normalized spacial score (nSPS) is 11.9. The highest BCUT2D eigenvalue weighted by Crippen LogP contribution is 2.33. The van der Waals surface area contributed by atoms with E-state index in [2.05, 4.69) is 21.0 Å². The van der Waals surface area contributed by atoms with Gasteiger partial charge in [0, 0.05) is 34.2 Å². The lowest BCUT2D eigenvalue weighted by atomic mass is 10.1. The molecule has 0 aliphatic heterocycles. The maximum atomic E-state index is 13.9. The van der Waals surface area contributed by atoms with Crippen molar-refractivity contribution in [2.75, 3.05) is 5.33 Å². The van der Waals surface area contributed by atoms with Crippen LogP contribution in [0.5, 0.6) is 0 Å². The van der Waals surface area contributed by atoms with E-state index < -0.39 is 15.8 Å². The average molecular weight is 448 g/mol. The lowest BCUT2D eigenvalue weighted by Crippen LogP contribution is -2.11. The first kappa shape index (κ1) is 17.9. The first-order chi connectivity index (χ1) is 13.0. The van der Waals surface area contributed by atoms with Gasteiger partial charge in [0.25, 0.3) is 10.0 Å². The molecule has 0 atom stereocenters. The fourth-order valence-electron chi connectivity index (χ4n) is 3.02. The van der Waals surface area contributed by atoms with E-state index in [9.17, 15) is 12.8 Å². The van der Waals surface area contributed by atoms with Gasteiger partial charge in [-0.15, -0.1) is 0 Å². The van der Waals surface area contributed by atoms with Crippen LogP contribution < -0.4 is 0 Å². The monoisotopic (exact) mass is 447 g/mol. The molecule has 0 spiro atoms. The van der Waals surface area contributed by atoms with Gasteiger partial charge in [-0.3, -0.25) is 4.68 Å². The standard InChI is InChI=1S/C19H15BrFN3O2S/c20-8-9-23-12-14(11-22-23)18-13-24(19-10-15(21)6-7-17(18)19)27(25,26)16-4-2-1-3-5-16/h1-7,10-13H,8-9H2. The molecule has 2 aromatic heterocycles. The number of aromatic nitrogens is 3. The topological polar surface area (TPSA) is 56.9 Å².